The predicted molar refractivity (Wildman–Crippen MR) is 237 cm³/mol. The molecule has 0 aromatic heterocycles. The van der Waals surface area contributed by atoms with Crippen LogP contribution in [0.4, 0.5) is 0 Å². The van der Waals surface area contributed by atoms with Crippen molar-refractivity contribution in [2.24, 2.45) is 17.8 Å². The minimum absolute atomic E-state index is 0.0252. The molecule has 0 aromatic carbocycles. The first-order valence-corrected chi connectivity index (χ1v) is 24.4. The SMILES string of the molecule is CCCCC(CCCC)CC(=O)OCCCCCCCCCCC(CCCCCCCCCCOC(=O)CC(CCCC)CCCC)COCCCN(C)C. The molecule has 6 heteroatoms. The van der Waals surface area contributed by atoms with Crippen LogP contribution in [0, 0.1) is 17.8 Å². The molecule has 0 rings (SSSR count). The van der Waals surface area contributed by atoms with E-state index in [1.54, 1.807) is 0 Å². The minimum Gasteiger partial charge on any atom is -0.466 e. The lowest BCUT2D eigenvalue weighted by atomic mass is 9.93. The Hall–Kier alpha value is -1.14. The molecule has 0 aliphatic heterocycles. The summed E-state index contributed by atoms with van der Waals surface area (Å²) in [5.74, 6) is 1.78. The first kappa shape index (κ1) is 53.9. The first-order valence-electron chi connectivity index (χ1n) is 24.4. The number of carbonyl (C=O) groups is 2. The van der Waals surface area contributed by atoms with Crippen LogP contribution in [0.15, 0.2) is 0 Å². The van der Waals surface area contributed by atoms with Gasteiger partial charge < -0.3 is 19.1 Å². The Bertz CT molecular complexity index is 732. The number of hydrogen-bond donors (Lipinski definition) is 0. The normalized spacial score (nSPS) is 11.8. The second-order valence-electron chi connectivity index (χ2n) is 17.5. The monoisotopic (exact) mass is 780 g/mol. The molecule has 0 radical (unpaired) electrons. The molecular formula is C49H97NO5. The topological polar surface area (TPSA) is 65.1 Å². The van der Waals surface area contributed by atoms with Gasteiger partial charge in [0.1, 0.15) is 0 Å². The van der Waals surface area contributed by atoms with Gasteiger partial charge in [0.15, 0.2) is 0 Å². The van der Waals surface area contributed by atoms with Gasteiger partial charge in [-0.15, -0.1) is 0 Å². The quantitative estimate of drug-likeness (QED) is 0.0453. The number of carbonyl (C=O) groups excluding carboxylic acids is 2. The summed E-state index contributed by atoms with van der Waals surface area (Å²) < 4.78 is 17.4. The van der Waals surface area contributed by atoms with Crippen molar-refractivity contribution >= 4 is 11.9 Å². The third kappa shape index (κ3) is 39.5. The van der Waals surface area contributed by atoms with Crippen LogP contribution in [0.2, 0.25) is 0 Å². The van der Waals surface area contributed by atoms with Gasteiger partial charge in [-0.1, -0.05) is 169 Å². The number of rotatable bonds is 44. The van der Waals surface area contributed by atoms with Gasteiger partial charge in [-0.05, 0) is 96.2 Å². The van der Waals surface area contributed by atoms with E-state index >= 15 is 0 Å². The summed E-state index contributed by atoms with van der Waals surface area (Å²) in [6, 6.07) is 0. The highest BCUT2D eigenvalue weighted by Gasteiger charge is 2.16. The number of ether oxygens (including phenoxy) is 3. The molecule has 0 spiro atoms. The summed E-state index contributed by atoms with van der Waals surface area (Å²) in [7, 11) is 4.27. The molecule has 0 fully saturated rings. The third-order valence-corrected chi connectivity index (χ3v) is 11.6. The minimum atomic E-state index is 0.0252. The van der Waals surface area contributed by atoms with Crippen molar-refractivity contribution in [1.29, 1.82) is 0 Å². The van der Waals surface area contributed by atoms with E-state index in [0.717, 1.165) is 39.0 Å². The van der Waals surface area contributed by atoms with Gasteiger partial charge in [0, 0.05) is 26.1 Å². The third-order valence-electron chi connectivity index (χ3n) is 11.6. The molecule has 0 unspecified atom stereocenters. The second-order valence-corrected chi connectivity index (χ2v) is 17.5. The molecule has 0 saturated carbocycles. The zero-order valence-electron chi connectivity index (χ0n) is 38.1. The highest BCUT2D eigenvalue weighted by Crippen LogP contribution is 2.23. The summed E-state index contributed by atoms with van der Waals surface area (Å²) in [6.45, 7) is 13.0. The lowest BCUT2D eigenvalue weighted by molar-refractivity contribution is -0.146. The average Bonchev–Trinajstić information content (AvgIpc) is 3.17. The largest absolute Gasteiger partial charge is 0.466 e. The summed E-state index contributed by atoms with van der Waals surface area (Å²) in [4.78, 5) is 26.9. The first-order chi connectivity index (χ1) is 26.9. The summed E-state index contributed by atoms with van der Waals surface area (Å²) in [5.41, 5.74) is 0. The second kappa shape index (κ2) is 42.5. The number of hydrogen-bond acceptors (Lipinski definition) is 6. The molecular weight excluding hydrogens is 683 g/mol. The molecule has 0 aliphatic carbocycles. The molecule has 0 N–H and O–H groups in total. The molecule has 55 heavy (non-hydrogen) atoms. The summed E-state index contributed by atoms with van der Waals surface area (Å²) in [6.07, 6.45) is 39.4. The van der Waals surface area contributed by atoms with E-state index in [9.17, 15) is 9.59 Å². The maximum absolute atomic E-state index is 12.4. The molecule has 0 heterocycles. The molecule has 6 nitrogen and oxygen atoms in total. The number of esters is 2. The van der Waals surface area contributed by atoms with Gasteiger partial charge in [-0.25, -0.2) is 0 Å². The van der Waals surface area contributed by atoms with Crippen molar-refractivity contribution in [3.8, 4) is 0 Å². The fourth-order valence-corrected chi connectivity index (χ4v) is 7.86. The van der Waals surface area contributed by atoms with Gasteiger partial charge in [0.2, 0.25) is 0 Å². The van der Waals surface area contributed by atoms with Crippen LogP contribution in [0.25, 0.3) is 0 Å². The maximum Gasteiger partial charge on any atom is 0.306 e. The average molecular weight is 780 g/mol. The van der Waals surface area contributed by atoms with Crippen LogP contribution < -0.4 is 0 Å². The molecule has 0 bridgehead atoms. The standard InChI is InChI=1S/C49H97NO5/c1-7-11-32-45(33-12-8-2)42-48(51)54-40-29-25-21-17-15-19-23-27-36-47(44-53-39-31-38-50(5)6)37-28-24-20-16-18-22-26-30-41-55-49(52)43-46(34-13-9-3)35-14-10-4/h45-47H,7-44H2,1-6H3. The van der Waals surface area contributed by atoms with E-state index in [1.165, 1.54) is 180 Å². The Morgan fingerprint density at radius 2 is 0.727 bits per heavy atom. The lowest BCUT2D eigenvalue weighted by Crippen LogP contribution is -2.16. The summed E-state index contributed by atoms with van der Waals surface area (Å²) in [5, 5.41) is 0. The van der Waals surface area contributed by atoms with E-state index in [-0.39, 0.29) is 11.9 Å². The van der Waals surface area contributed by atoms with Crippen molar-refractivity contribution < 1.29 is 23.8 Å². The fourth-order valence-electron chi connectivity index (χ4n) is 7.86. The van der Waals surface area contributed by atoms with E-state index in [2.05, 4.69) is 46.7 Å². The molecule has 0 atom stereocenters. The fraction of sp³-hybridized carbons (Fsp3) is 0.959. The number of nitrogens with zero attached hydrogens (tertiary/aromatic N) is 1. The van der Waals surface area contributed by atoms with Gasteiger partial charge >= 0.3 is 11.9 Å². The van der Waals surface area contributed by atoms with E-state index < -0.39 is 0 Å². The maximum atomic E-state index is 12.4. The van der Waals surface area contributed by atoms with Gasteiger partial charge in [0.25, 0.3) is 0 Å². The van der Waals surface area contributed by atoms with Gasteiger partial charge in [-0.2, -0.15) is 0 Å². The lowest BCUT2D eigenvalue weighted by Gasteiger charge is -2.18. The molecule has 328 valence electrons. The van der Waals surface area contributed by atoms with E-state index in [4.69, 9.17) is 14.2 Å². The van der Waals surface area contributed by atoms with E-state index in [1.807, 2.05) is 0 Å². The van der Waals surface area contributed by atoms with Crippen molar-refractivity contribution in [3.63, 3.8) is 0 Å². The van der Waals surface area contributed by atoms with Crippen molar-refractivity contribution in [2.75, 3.05) is 47.1 Å². The van der Waals surface area contributed by atoms with Crippen LogP contribution in [-0.2, 0) is 23.8 Å². The zero-order valence-corrected chi connectivity index (χ0v) is 38.1. The van der Waals surface area contributed by atoms with Crippen LogP contribution in [0.1, 0.15) is 240 Å². The Balaban J connectivity index is 4.03. The van der Waals surface area contributed by atoms with Gasteiger partial charge in [-0.3, -0.25) is 9.59 Å². The summed E-state index contributed by atoms with van der Waals surface area (Å²) >= 11 is 0. The molecule has 0 aliphatic rings. The Morgan fingerprint density at radius 3 is 1.07 bits per heavy atom. The zero-order chi connectivity index (χ0) is 40.5. The highest BCUT2D eigenvalue weighted by molar-refractivity contribution is 5.70. The molecule has 0 amide bonds. The predicted octanol–water partition coefficient (Wildman–Crippen LogP) is 14.5. The van der Waals surface area contributed by atoms with Crippen LogP contribution >= 0.6 is 0 Å². The van der Waals surface area contributed by atoms with Gasteiger partial charge in [0.05, 0.1) is 13.2 Å². The van der Waals surface area contributed by atoms with Crippen molar-refractivity contribution in [1.82, 2.24) is 4.90 Å². The smallest absolute Gasteiger partial charge is 0.306 e. The Morgan fingerprint density at radius 1 is 0.400 bits per heavy atom. The van der Waals surface area contributed by atoms with E-state index in [0.29, 0.717) is 43.8 Å². The highest BCUT2D eigenvalue weighted by atomic mass is 16.5. The van der Waals surface area contributed by atoms with Crippen LogP contribution in [-0.4, -0.2) is 63.9 Å². The molecule has 0 aromatic rings. The van der Waals surface area contributed by atoms with Crippen molar-refractivity contribution in [2.45, 2.75) is 240 Å². The Kier molecular flexibility index (Phi) is 41.6. The number of unbranched alkanes of at least 4 members (excludes halogenated alkanes) is 18. The Labute approximate surface area is 344 Å². The van der Waals surface area contributed by atoms with Crippen LogP contribution in [0.3, 0.4) is 0 Å². The van der Waals surface area contributed by atoms with Crippen molar-refractivity contribution in [3.05, 3.63) is 0 Å². The molecule has 0 saturated heterocycles. The van der Waals surface area contributed by atoms with Crippen LogP contribution in [0.5, 0.6) is 0 Å².